The second-order valence-electron chi connectivity index (χ2n) is 2.17. The molecule has 1 aromatic carbocycles. The summed E-state index contributed by atoms with van der Waals surface area (Å²) in [5.74, 6) is 0.460. The van der Waals surface area contributed by atoms with E-state index in [1.54, 1.807) is 24.3 Å². The minimum atomic E-state index is -0.754. The van der Waals surface area contributed by atoms with E-state index in [1.807, 2.05) is 6.07 Å². The minimum Gasteiger partial charge on any atom is -0.231 e. The van der Waals surface area contributed by atoms with E-state index in [4.69, 9.17) is 0 Å². The van der Waals surface area contributed by atoms with Gasteiger partial charge >= 0.3 is 0 Å². The van der Waals surface area contributed by atoms with Crippen molar-refractivity contribution in [1.82, 2.24) is 0 Å². The summed E-state index contributed by atoms with van der Waals surface area (Å²) in [5.41, 5.74) is 0.786. The molecule has 0 aromatic heterocycles. The Morgan fingerprint density at radius 2 is 2.00 bits per heavy atom. The largest absolute Gasteiger partial charge is 0.231 e. The third-order valence-corrected chi connectivity index (χ3v) is 1.31. The van der Waals surface area contributed by atoms with E-state index in [1.165, 1.54) is 5.94 Å². The molecule has 0 radical (unpaired) electrons. The summed E-state index contributed by atoms with van der Waals surface area (Å²) in [4.78, 5) is 9.77. The summed E-state index contributed by atoms with van der Waals surface area (Å²) in [6, 6.07) is 8.96. The van der Waals surface area contributed by atoms with E-state index >= 15 is 0 Å². The molecule has 0 aliphatic rings. The molecule has 0 fully saturated rings. The molecule has 0 bridgehead atoms. The van der Waals surface area contributed by atoms with Crippen LogP contribution in [0.15, 0.2) is 36.2 Å². The standard InChI is InChI=1S/C9H7FO/c10-9(7-11)6-8-4-2-1-3-5-8/h1-5H,6H2. The van der Waals surface area contributed by atoms with Gasteiger partial charge in [-0.3, -0.25) is 0 Å². The quantitative estimate of drug-likeness (QED) is 0.588. The van der Waals surface area contributed by atoms with Crippen LogP contribution in [-0.4, -0.2) is 5.94 Å². The van der Waals surface area contributed by atoms with Crippen molar-refractivity contribution in [3.8, 4) is 0 Å². The average Bonchev–Trinajstić information content (AvgIpc) is 2.06. The maximum atomic E-state index is 12.3. The topological polar surface area (TPSA) is 17.1 Å². The van der Waals surface area contributed by atoms with Gasteiger partial charge in [0.25, 0.3) is 0 Å². The maximum Gasteiger partial charge on any atom is 0.187 e. The van der Waals surface area contributed by atoms with Crippen LogP contribution in [0.5, 0.6) is 0 Å². The zero-order chi connectivity index (χ0) is 8.10. The van der Waals surface area contributed by atoms with Crippen LogP contribution in [0.1, 0.15) is 5.56 Å². The van der Waals surface area contributed by atoms with Gasteiger partial charge in [0.05, 0.1) is 0 Å². The van der Waals surface area contributed by atoms with Gasteiger partial charge in [-0.1, -0.05) is 30.3 Å². The van der Waals surface area contributed by atoms with Crippen LogP contribution in [-0.2, 0) is 11.2 Å². The van der Waals surface area contributed by atoms with Gasteiger partial charge in [-0.25, -0.2) is 4.79 Å². The molecule has 0 heterocycles. The number of halogens is 1. The molecular formula is C9H7FO. The fraction of sp³-hybridized carbons (Fsp3) is 0.111. The van der Waals surface area contributed by atoms with Crippen LogP contribution < -0.4 is 0 Å². The lowest BCUT2D eigenvalue weighted by Crippen LogP contribution is -1.84. The Balaban J connectivity index is 2.73. The summed E-state index contributed by atoms with van der Waals surface area (Å²) >= 11 is 0. The number of rotatable bonds is 2. The average molecular weight is 150 g/mol. The molecule has 0 aliphatic carbocycles. The van der Waals surface area contributed by atoms with Crippen LogP contribution in [0.3, 0.4) is 0 Å². The first-order chi connectivity index (χ1) is 5.33. The van der Waals surface area contributed by atoms with Gasteiger partial charge in [0.2, 0.25) is 0 Å². The molecule has 0 aliphatic heterocycles. The molecule has 0 unspecified atom stereocenters. The monoisotopic (exact) mass is 150 g/mol. The van der Waals surface area contributed by atoms with Crippen molar-refractivity contribution in [2.45, 2.75) is 6.42 Å². The van der Waals surface area contributed by atoms with E-state index in [0.717, 1.165) is 5.56 Å². The fourth-order valence-corrected chi connectivity index (χ4v) is 0.811. The molecule has 11 heavy (non-hydrogen) atoms. The number of allylic oxidation sites excluding steroid dienone is 1. The Morgan fingerprint density at radius 3 is 2.55 bits per heavy atom. The molecule has 1 rings (SSSR count). The minimum absolute atomic E-state index is 0.0460. The Bertz CT molecular complexity index is 273. The molecular weight excluding hydrogens is 143 g/mol. The van der Waals surface area contributed by atoms with Gasteiger partial charge in [-0.2, -0.15) is 4.39 Å². The predicted octanol–water partition coefficient (Wildman–Crippen LogP) is 1.91. The lowest BCUT2D eigenvalue weighted by molar-refractivity contribution is 0.545. The van der Waals surface area contributed by atoms with E-state index in [2.05, 4.69) is 0 Å². The summed E-state index contributed by atoms with van der Waals surface area (Å²) in [5, 5.41) is 0. The summed E-state index contributed by atoms with van der Waals surface area (Å²) in [6.45, 7) is 0. The van der Waals surface area contributed by atoms with Gasteiger partial charge < -0.3 is 0 Å². The molecule has 0 amide bonds. The van der Waals surface area contributed by atoms with Crippen molar-refractivity contribution in [2.75, 3.05) is 0 Å². The second-order valence-corrected chi connectivity index (χ2v) is 2.17. The first kappa shape index (κ1) is 7.70. The van der Waals surface area contributed by atoms with E-state index in [9.17, 15) is 9.18 Å². The zero-order valence-corrected chi connectivity index (χ0v) is 5.88. The van der Waals surface area contributed by atoms with Gasteiger partial charge in [0.1, 0.15) is 0 Å². The lowest BCUT2D eigenvalue weighted by atomic mass is 10.1. The van der Waals surface area contributed by atoms with Gasteiger partial charge in [-0.05, 0) is 5.56 Å². The van der Waals surface area contributed by atoms with Crippen LogP contribution in [0.2, 0.25) is 0 Å². The van der Waals surface area contributed by atoms with Crippen LogP contribution >= 0.6 is 0 Å². The Morgan fingerprint density at radius 1 is 1.36 bits per heavy atom. The van der Waals surface area contributed by atoms with Crippen LogP contribution in [0.4, 0.5) is 4.39 Å². The number of hydrogen-bond acceptors (Lipinski definition) is 1. The molecule has 0 saturated carbocycles. The Labute approximate surface area is 64.2 Å². The van der Waals surface area contributed by atoms with E-state index < -0.39 is 5.83 Å². The van der Waals surface area contributed by atoms with E-state index in [0.29, 0.717) is 0 Å². The SMILES string of the molecule is O=C=C(F)Cc1ccccc1. The predicted molar refractivity (Wildman–Crippen MR) is 40.5 cm³/mol. The van der Waals surface area contributed by atoms with E-state index in [-0.39, 0.29) is 6.42 Å². The number of carbonyl (C=O) groups excluding carboxylic acids is 1. The molecule has 0 N–H and O–H groups in total. The summed E-state index contributed by atoms with van der Waals surface area (Å²) in [6.07, 6.45) is 0.0460. The first-order valence-electron chi connectivity index (χ1n) is 3.26. The molecule has 2 heteroatoms. The highest BCUT2D eigenvalue weighted by atomic mass is 19.1. The van der Waals surface area contributed by atoms with Crippen molar-refractivity contribution in [2.24, 2.45) is 0 Å². The van der Waals surface area contributed by atoms with Gasteiger partial charge in [-0.15, -0.1) is 0 Å². The molecule has 0 saturated heterocycles. The van der Waals surface area contributed by atoms with Crippen molar-refractivity contribution >= 4 is 5.94 Å². The highest BCUT2D eigenvalue weighted by Crippen LogP contribution is 2.05. The molecule has 0 spiro atoms. The maximum absolute atomic E-state index is 12.3. The van der Waals surface area contributed by atoms with Gasteiger partial charge in [0.15, 0.2) is 11.8 Å². The molecule has 56 valence electrons. The van der Waals surface area contributed by atoms with Crippen LogP contribution in [0.25, 0.3) is 0 Å². The third kappa shape index (κ3) is 2.36. The Kier molecular flexibility index (Phi) is 2.59. The zero-order valence-electron chi connectivity index (χ0n) is 5.88. The molecule has 0 atom stereocenters. The lowest BCUT2D eigenvalue weighted by Gasteiger charge is -1.93. The highest BCUT2D eigenvalue weighted by molar-refractivity contribution is 5.50. The summed E-state index contributed by atoms with van der Waals surface area (Å²) in [7, 11) is 0. The normalized spacial score (nSPS) is 8.82. The molecule has 1 aromatic rings. The smallest absolute Gasteiger partial charge is 0.187 e. The van der Waals surface area contributed by atoms with Crippen molar-refractivity contribution < 1.29 is 9.18 Å². The van der Waals surface area contributed by atoms with Crippen molar-refractivity contribution in [3.63, 3.8) is 0 Å². The fourth-order valence-electron chi connectivity index (χ4n) is 0.811. The third-order valence-electron chi connectivity index (χ3n) is 1.31. The van der Waals surface area contributed by atoms with Crippen LogP contribution in [0, 0.1) is 0 Å². The van der Waals surface area contributed by atoms with Crippen molar-refractivity contribution in [3.05, 3.63) is 41.7 Å². The second kappa shape index (κ2) is 3.69. The van der Waals surface area contributed by atoms with Gasteiger partial charge in [0, 0.05) is 6.42 Å². The number of hydrogen-bond donors (Lipinski definition) is 0. The molecule has 1 nitrogen and oxygen atoms in total. The highest BCUT2D eigenvalue weighted by Gasteiger charge is 1.96. The van der Waals surface area contributed by atoms with Crippen molar-refractivity contribution in [1.29, 1.82) is 0 Å². The summed E-state index contributed by atoms with van der Waals surface area (Å²) < 4.78 is 12.3. The first-order valence-corrected chi connectivity index (χ1v) is 3.26. The number of benzene rings is 1. The Hall–Kier alpha value is -1.40.